The van der Waals surface area contributed by atoms with E-state index in [1.165, 1.54) is 19.1 Å². The maximum Gasteiger partial charge on any atom is 0.156 e. The Balaban J connectivity index is 2.21. The highest BCUT2D eigenvalue weighted by molar-refractivity contribution is 5.63. The normalized spacial score (nSPS) is 13.0. The zero-order chi connectivity index (χ0) is 16.1. The van der Waals surface area contributed by atoms with Crippen molar-refractivity contribution in [3.05, 3.63) is 83.2 Å². The SMILES string of the molecule is CC(=C/Cc1ccc(-c2ccccc2)cc1F)/C(F)=C(\C)F. The molecule has 0 atom stereocenters. The average Bonchev–Trinajstić information content (AvgIpc) is 2.53. The van der Waals surface area contributed by atoms with Gasteiger partial charge in [0.25, 0.3) is 0 Å². The number of allylic oxidation sites excluding steroid dienone is 4. The zero-order valence-corrected chi connectivity index (χ0v) is 12.5. The summed E-state index contributed by atoms with van der Waals surface area (Å²) in [5, 5.41) is 0. The molecule has 2 rings (SSSR count). The minimum atomic E-state index is -0.888. The first kappa shape index (κ1) is 16.1. The summed E-state index contributed by atoms with van der Waals surface area (Å²) in [4.78, 5) is 0. The van der Waals surface area contributed by atoms with Crippen molar-refractivity contribution in [3.8, 4) is 11.1 Å². The second-order valence-electron chi connectivity index (χ2n) is 5.11. The van der Waals surface area contributed by atoms with Crippen molar-refractivity contribution in [2.24, 2.45) is 0 Å². The highest BCUT2D eigenvalue weighted by atomic mass is 19.2. The largest absolute Gasteiger partial charge is 0.209 e. The molecule has 0 amide bonds. The maximum atomic E-state index is 14.1. The van der Waals surface area contributed by atoms with Crippen molar-refractivity contribution in [3.63, 3.8) is 0 Å². The third-order valence-corrected chi connectivity index (χ3v) is 3.44. The van der Waals surface area contributed by atoms with Gasteiger partial charge in [0, 0.05) is 0 Å². The van der Waals surface area contributed by atoms with Gasteiger partial charge in [0.15, 0.2) is 5.83 Å². The number of hydrogen-bond donors (Lipinski definition) is 0. The van der Waals surface area contributed by atoms with E-state index < -0.39 is 11.7 Å². The molecule has 3 heteroatoms. The molecular formula is C19H17F3. The summed E-state index contributed by atoms with van der Waals surface area (Å²) in [6, 6.07) is 14.4. The van der Waals surface area contributed by atoms with Gasteiger partial charge in [-0.2, -0.15) is 0 Å². The Morgan fingerprint density at radius 3 is 2.23 bits per heavy atom. The van der Waals surface area contributed by atoms with Crippen LogP contribution in [0.4, 0.5) is 13.2 Å². The molecule has 2 aromatic carbocycles. The second-order valence-corrected chi connectivity index (χ2v) is 5.11. The fourth-order valence-corrected chi connectivity index (χ4v) is 2.15. The van der Waals surface area contributed by atoms with Crippen molar-refractivity contribution in [2.45, 2.75) is 20.3 Å². The van der Waals surface area contributed by atoms with Crippen LogP contribution in [0.5, 0.6) is 0 Å². The summed E-state index contributed by atoms with van der Waals surface area (Å²) < 4.78 is 40.3. The topological polar surface area (TPSA) is 0 Å². The van der Waals surface area contributed by atoms with E-state index in [1.54, 1.807) is 6.07 Å². The summed E-state index contributed by atoms with van der Waals surface area (Å²) in [7, 11) is 0. The smallest absolute Gasteiger partial charge is 0.156 e. The summed E-state index contributed by atoms with van der Waals surface area (Å²) in [5.74, 6) is -2.11. The number of rotatable bonds is 4. The van der Waals surface area contributed by atoms with Gasteiger partial charge < -0.3 is 0 Å². The van der Waals surface area contributed by atoms with Crippen LogP contribution in [0.25, 0.3) is 11.1 Å². The molecule has 0 heterocycles. The van der Waals surface area contributed by atoms with Gasteiger partial charge in [0.2, 0.25) is 0 Å². The Labute approximate surface area is 128 Å². The van der Waals surface area contributed by atoms with Gasteiger partial charge in [0.05, 0.1) is 0 Å². The van der Waals surface area contributed by atoms with Crippen LogP contribution in [0.15, 0.2) is 71.8 Å². The molecule has 0 bridgehead atoms. The predicted octanol–water partition coefficient (Wildman–Crippen LogP) is 6.15. The molecule has 0 spiro atoms. The quantitative estimate of drug-likeness (QED) is 0.594. The third kappa shape index (κ3) is 3.88. The molecule has 0 radical (unpaired) electrons. The molecule has 0 N–H and O–H groups in total. The van der Waals surface area contributed by atoms with Gasteiger partial charge >= 0.3 is 0 Å². The fourth-order valence-electron chi connectivity index (χ4n) is 2.15. The molecule has 0 aromatic heterocycles. The number of hydrogen-bond acceptors (Lipinski definition) is 0. The average molecular weight is 302 g/mol. The van der Waals surface area contributed by atoms with Gasteiger partial charge in [0.1, 0.15) is 11.6 Å². The van der Waals surface area contributed by atoms with Gasteiger partial charge in [-0.05, 0) is 48.6 Å². The Morgan fingerprint density at radius 2 is 1.64 bits per heavy atom. The number of halogens is 3. The van der Waals surface area contributed by atoms with Crippen LogP contribution in [0.3, 0.4) is 0 Å². The first-order valence-corrected chi connectivity index (χ1v) is 7.02. The van der Waals surface area contributed by atoms with Crippen LogP contribution in [0.2, 0.25) is 0 Å². The molecule has 0 nitrogen and oxygen atoms in total. The van der Waals surface area contributed by atoms with E-state index in [-0.39, 0.29) is 17.8 Å². The van der Waals surface area contributed by atoms with E-state index in [2.05, 4.69) is 0 Å². The second kappa shape index (κ2) is 7.12. The van der Waals surface area contributed by atoms with Crippen LogP contribution in [0.1, 0.15) is 19.4 Å². The molecule has 0 unspecified atom stereocenters. The monoisotopic (exact) mass is 302 g/mol. The molecule has 0 fully saturated rings. The lowest BCUT2D eigenvalue weighted by Gasteiger charge is -2.06. The van der Waals surface area contributed by atoms with E-state index in [0.29, 0.717) is 5.56 Å². The molecule has 114 valence electrons. The summed E-state index contributed by atoms with van der Waals surface area (Å²) in [5.41, 5.74) is 2.34. The molecule has 0 saturated carbocycles. The van der Waals surface area contributed by atoms with Gasteiger partial charge in [-0.15, -0.1) is 0 Å². The van der Waals surface area contributed by atoms with Crippen molar-refractivity contribution in [1.82, 2.24) is 0 Å². The minimum absolute atomic E-state index is 0.173. The Bertz CT molecular complexity index is 709. The van der Waals surface area contributed by atoms with Crippen molar-refractivity contribution in [1.29, 1.82) is 0 Å². The lowest BCUT2D eigenvalue weighted by atomic mass is 10.0. The zero-order valence-electron chi connectivity index (χ0n) is 12.5. The van der Waals surface area contributed by atoms with E-state index in [0.717, 1.165) is 18.1 Å². The summed E-state index contributed by atoms with van der Waals surface area (Å²) in [6.45, 7) is 2.52. The number of benzene rings is 2. The van der Waals surface area contributed by atoms with Crippen LogP contribution >= 0.6 is 0 Å². The Hall–Kier alpha value is -2.29. The van der Waals surface area contributed by atoms with Gasteiger partial charge in [-0.25, -0.2) is 13.2 Å². The van der Waals surface area contributed by atoms with E-state index in [4.69, 9.17) is 0 Å². The van der Waals surface area contributed by atoms with Crippen molar-refractivity contribution < 1.29 is 13.2 Å². The van der Waals surface area contributed by atoms with Gasteiger partial charge in [-0.1, -0.05) is 48.5 Å². The predicted molar refractivity (Wildman–Crippen MR) is 84.2 cm³/mol. The molecule has 0 aliphatic heterocycles. The fraction of sp³-hybridized carbons (Fsp3) is 0.158. The van der Waals surface area contributed by atoms with E-state index in [9.17, 15) is 13.2 Å². The molecule has 0 aliphatic rings. The lowest BCUT2D eigenvalue weighted by Crippen LogP contribution is -1.91. The highest BCUT2D eigenvalue weighted by Crippen LogP contribution is 2.23. The highest BCUT2D eigenvalue weighted by Gasteiger charge is 2.06. The van der Waals surface area contributed by atoms with Crippen LogP contribution in [0, 0.1) is 5.82 Å². The maximum absolute atomic E-state index is 14.1. The van der Waals surface area contributed by atoms with Crippen LogP contribution < -0.4 is 0 Å². The summed E-state index contributed by atoms with van der Waals surface area (Å²) in [6.07, 6.45) is 1.70. The molecular weight excluding hydrogens is 285 g/mol. The van der Waals surface area contributed by atoms with E-state index in [1.807, 2.05) is 36.4 Å². The minimum Gasteiger partial charge on any atom is -0.209 e. The first-order chi connectivity index (χ1) is 10.5. The summed E-state index contributed by atoms with van der Waals surface area (Å²) >= 11 is 0. The Kier molecular flexibility index (Phi) is 5.21. The lowest BCUT2D eigenvalue weighted by molar-refractivity contribution is 0.546. The molecule has 0 aliphatic carbocycles. The van der Waals surface area contributed by atoms with Crippen LogP contribution in [-0.2, 0) is 6.42 Å². The molecule has 2 aromatic rings. The Morgan fingerprint density at radius 1 is 0.955 bits per heavy atom. The molecule has 0 saturated heterocycles. The van der Waals surface area contributed by atoms with Crippen LogP contribution in [-0.4, -0.2) is 0 Å². The standard InChI is InChI=1S/C19H17F3/c1-13(19(22)14(2)20)8-9-16-10-11-17(12-18(16)21)15-6-4-3-5-7-15/h3-8,10-12H,9H2,1-2H3/b13-8-,19-14-. The van der Waals surface area contributed by atoms with Gasteiger partial charge in [-0.3, -0.25) is 0 Å². The molecule has 22 heavy (non-hydrogen) atoms. The third-order valence-electron chi connectivity index (χ3n) is 3.44. The van der Waals surface area contributed by atoms with Crippen molar-refractivity contribution >= 4 is 0 Å². The van der Waals surface area contributed by atoms with E-state index >= 15 is 0 Å². The van der Waals surface area contributed by atoms with Crippen molar-refractivity contribution in [2.75, 3.05) is 0 Å². The first-order valence-electron chi connectivity index (χ1n) is 7.02.